The minimum Gasteiger partial charge on any atom is -0.363 e. The van der Waals surface area contributed by atoms with Crippen molar-refractivity contribution in [3.05, 3.63) is 35.4 Å². The smallest absolute Gasteiger partial charge is 0.249 e. The molecule has 5 heteroatoms. The lowest BCUT2D eigenvalue weighted by atomic mass is 10.1. The summed E-state index contributed by atoms with van der Waals surface area (Å²) in [5.41, 5.74) is 1.85. The van der Waals surface area contributed by atoms with E-state index in [0.29, 0.717) is 17.5 Å². The molecule has 5 nitrogen and oxygen atoms in total. The van der Waals surface area contributed by atoms with Crippen molar-refractivity contribution >= 4 is 5.91 Å². The van der Waals surface area contributed by atoms with Gasteiger partial charge in [-0.05, 0) is 42.9 Å². The van der Waals surface area contributed by atoms with E-state index in [0.717, 1.165) is 38.0 Å². The molecule has 2 heterocycles. The van der Waals surface area contributed by atoms with Crippen LogP contribution in [-0.2, 0) is 16.1 Å². The first-order valence-corrected chi connectivity index (χ1v) is 8.89. The lowest BCUT2D eigenvalue weighted by Gasteiger charge is -2.22. The van der Waals surface area contributed by atoms with Crippen LogP contribution in [0.25, 0.3) is 0 Å². The molecule has 3 aliphatic rings. The van der Waals surface area contributed by atoms with Crippen LogP contribution >= 0.6 is 0 Å². The number of carbonyl (C=O) groups excluding carboxylic acids is 1. The fourth-order valence-corrected chi connectivity index (χ4v) is 3.85. The highest BCUT2D eigenvalue weighted by molar-refractivity contribution is 5.81. The van der Waals surface area contributed by atoms with Crippen LogP contribution in [0.1, 0.15) is 36.8 Å². The van der Waals surface area contributed by atoms with E-state index in [1.165, 1.54) is 12.8 Å². The van der Waals surface area contributed by atoms with Gasteiger partial charge in [-0.25, -0.2) is 0 Å². The summed E-state index contributed by atoms with van der Waals surface area (Å²) in [4.78, 5) is 14.7. The minimum atomic E-state index is -0.299. The molecule has 2 saturated heterocycles. The van der Waals surface area contributed by atoms with E-state index in [9.17, 15) is 4.79 Å². The summed E-state index contributed by atoms with van der Waals surface area (Å²) < 4.78 is 6.01. The average Bonchev–Trinajstić information content (AvgIpc) is 3.22. The maximum atomic E-state index is 12.3. The van der Waals surface area contributed by atoms with Crippen LogP contribution in [-0.4, -0.2) is 42.1 Å². The van der Waals surface area contributed by atoms with Crippen LogP contribution in [0.3, 0.4) is 0 Å². The van der Waals surface area contributed by atoms with E-state index >= 15 is 0 Å². The molecule has 3 fully saturated rings. The number of nitrogens with one attached hydrogen (secondary N) is 1. The fourth-order valence-electron chi connectivity index (χ4n) is 3.85. The molecule has 1 aliphatic carbocycles. The molecule has 0 unspecified atom stereocenters. The fraction of sp³-hybridized carbons (Fsp3) is 0.579. The lowest BCUT2D eigenvalue weighted by Crippen LogP contribution is -2.37. The van der Waals surface area contributed by atoms with Gasteiger partial charge in [0.15, 0.2) is 0 Å². The molecular formula is C19H23N3O2. The van der Waals surface area contributed by atoms with E-state index in [-0.39, 0.29) is 18.1 Å². The maximum absolute atomic E-state index is 12.3. The van der Waals surface area contributed by atoms with E-state index in [4.69, 9.17) is 10.00 Å². The third-order valence-corrected chi connectivity index (χ3v) is 5.39. The summed E-state index contributed by atoms with van der Waals surface area (Å²) in [6.45, 7) is 2.61. The summed E-state index contributed by atoms with van der Waals surface area (Å²) in [5, 5.41) is 12.1. The zero-order valence-electron chi connectivity index (χ0n) is 13.8. The van der Waals surface area contributed by atoms with Crippen LogP contribution in [0, 0.1) is 17.2 Å². The SMILES string of the molecule is N#Cc1cccc(CN2CC[C@@H]3O[C@@H](C(=O)NCC4CC4)C[C@@H]32)c1. The predicted octanol–water partition coefficient (Wildman–Crippen LogP) is 1.82. The molecule has 1 aromatic carbocycles. The molecule has 0 bridgehead atoms. The van der Waals surface area contributed by atoms with Crippen LogP contribution in [0.5, 0.6) is 0 Å². The normalized spacial score (nSPS) is 29.2. The van der Waals surface area contributed by atoms with Crippen LogP contribution in [0.4, 0.5) is 0 Å². The molecule has 1 amide bonds. The summed E-state index contributed by atoms with van der Waals surface area (Å²) >= 11 is 0. The van der Waals surface area contributed by atoms with Gasteiger partial charge in [-0.1, -0.05) is 12.1 Å². The Morgan fingerprint density at radius 3 is 3.04 bits per heavy atom. The molecule has 0 spiro atoms. The van der Waals surface area contributed by atoms with Crippen molar-refractivity contribution in [1.29, 1.82) is 5.26 Å². The minimum absolute atomic E-state index is 0.0581. The van der Waals surface area contributed by atoms with Gasteiger partial charge in [0.05, 0.1) is 17.7 Å². The van der Waals surface area contributed by atoms with Crippen molar-refractivity contribution in [3.63, 3.8) is 0 Å². The highest BCUT2D eigenvalue weighted by Crippen LogP contribution is 2.34. The largest absolute Gasteiger partial charge is 0.363 e. The van der Waals surface area contributed by atoms with Crippen molar-refractivity contribution in [2.75, 3.05) is 13.1 Å². The van der Waals surface area contributed by atoms with Gasteiger partial charge >= 0.3 is 0 Å². The number of ether oxygens (including phenoxy) is 1. The molecule has 3 atom stereocenters. The van der Waals surface area contributed by atoms with Crippen LogP contribution < -0.4 is 5.32 Å². The lowest BCUT2D eigenvalue weighted by molar-refractivity contribution is -0.132. The number of likely N-dealkylation sites (tertiary alicyclic amines) is 1. The quantitative estimate of drug-likeness (QED) is 0.897. The van der Waals surface area contributed by atoms with Crippen LogP contribution in [0.2, 0.25) is 0 Å². The number of hydrogen-bond donors (Lipinski definition) is 1. The Labute approximate surface area is 142 Å². The van der Waals surface area contributed by atoms with Gasteiger partial charge in [-0.2, -0.15) is 5.26 Å². The van der Waals surface area contributed by atoms with Crippen molar-refractivity contribution in [1.82, 2.24) is 10.2 Å². The molecule has 0 aromatic heterocycles. The van der Waals surface area contributed by atoms with Crippen molar-refractivity contribution < 1.29 is 9.53 Å². The number of benzene rings is 1. The third kappa shape index (κ3) is 3.31. The molecule has 1 saturated carbocycles. The van der Waals surface area contributed by atoms with Crippen LogP contribution in [0.15, 0.2) is 24.3 Å². The van der Waals surface area contributed by atoms with Gasteiger partial charge in [0.1, 0.15) is 6.10 Å². The molecule has 1 N–H and O–H groups in total. The third-order valence-electron chi connectivity index (χ3n) is 5.39. The first-order valence-electron chi connectivity index (χ1n) is 8.89. The van der Waals surface area contributed by atoms with Crippen molar-refractivity contribution in [2.45, 2.75) is 50.5 Å². The Bertz CT molecular complexity index is 665. The van der Waals surface area contributed by atoms with Crippen molar-refractivity contribution in [3.8, 4) is 6.07 Å². The number of fused-ring (bicyclic) bond motifs is 1. The monoisotopic (exact) mass is 325 g/mol. The number of rotatable bonds is 5. The zero-order chi connectivity index (χ0) is 16.5. The summed E-state index contributed by atoms with van der Waals surface area (Å²) in [7, 11) is 0. The van der Waals surface area contributed by atoms with E-state index in [1.54, 1.807) is 0 Å². The standard InChI is InChI=1S/C19H23N3O2/c20-10-14-2-1-3-15(8-14)12-22-7-6-17-16(22)9-18(24-17)19(23)21-11-13-4-5-13/h1-3,8,13,16-18H,4-7,9,11-12H2,(H,21,23)/t16-,17-,18+/m0/s1. The first-order chi connectivity index (χ1) is 11.7. The second kappa shape index (κ2) is 6.54. The summed E-state index contributed by atoms with van der Waals surface area (Å²) in [5.74, 6) is 0.751. The van der Waals surface area contributed by atoms with E-state index < -0.39 is 0 Å². The first kappa shape index (κ1) is 15.6. The molecule has 24 heavy (non-hydrogen) atoms. The number of hydrogen-bond acceptors (Lipinski definition) is 4. The molecule has 2 aliphatic heterocycles. The second-order valence-corrected chi connectivity index (χ2v) is 7.23. The highest BCUT2D eigenvalue weighted by atomic mass is 16.5. The molecule has 1 aromatic rings. The number of nitriles is 1. The van der Waals surface area contributed by atoms with Crippen molar-refractivity contribution in [2.24, 2.45) is 5.92 Å². The molecule has 4 rings (SSSR count). The number of amides is 1. The predicted molar refractivity (Wildman–Crippen MR) is 89.0 cm³/mol. The Morgan fingerprint density at radius 2 is 2.25 bits per heavy atom. The van der Waals surface area contributed by atoms with Gasteiger partial charge < -0.3 is 10.1 Å². The topological polar surface area (TPSA) is 65.4 Å². The Kier molecular flexibility index (Phi) is 4.26. The molecule has 126 valence electrons. The molecular weight excluding hydrogens is 302 g/mol. The van der Waals surface area contributed by atoms with Gasteiger partial charge in [-0.15, -0.1) is 0 Å². The van der Waals surface area contributed by atoms with E-state index in [2.05, 4.69) is 22.4 Å². The van der Waals surface area contributed by atoms with Gasteiger partial charge in [0, 0.05) is 32.1 Å². The van der Waals surface area contributed by atoms with Gasteiger partial charge in [0.25, 0.3) is 0 Å². The second-order valence-electron chi connectivity index (χ2n) is 7.23. The van der Waals surface area contributed by atoms with E-state index in [1.807, 2.05) is 18.2 Å². The average molecular weight is 325 g/mol. The van der Waals surface area contributed by atoms with Gasteiger partial charge in [0.2, 0.25) is 5.91 Å². The zero-order valence-corrected chi connectivity index (χ0v) is 13.8. The highest BCUT2D eigenvalue weighted by Gasteiger charge is 2.45. The molecule has 0 radical (unpaired) electrons. The summed E-state index contributed by atoms with van der Waals surface area (Å²) in [6.07, 6.45) is 4.11. The maximum Gasteiger partial charge on any atom is 0.249 e. The van der Waals surface area contributed by atoms with Gasteiger partial charge in [-0.3, -0.25) is 9.69 Å². The number of carbonyl (C=O) groups is 1. The Hall–Kier alpha value is -1.90. The number of nitrogens with zero attached hydrogens (tertiary/aromatic N) is 2. The Balaban J connectivity index is 1.35. The summed E-state index contributed by atoms with van der Waals surface area (Å²) in [6, 6.07) is 10.3. The Morgan fingerprint density at radius 1 is 1.38 bits per heavy atom.